The monoisotopic (exact) mass is 513 g/mol. The maximum absolute atomic E-state index is 5.16. The summed E-state index contributed by atoms with van der Waals surface area (Å²) >= 11 is 0. The Morgan fingerprint density at radius 2 is 1.20 bits per heavy atom. The number of aromatic nitrogens is 5. The smallest absolute Gasteiger partial charge is 0.162 e. The van der Waals surface area contributed by atoms with E-state index in [4.69, 9.17) is 15.0 Å². The molecule has 3 aromatic heterocycles. The van der Waals surface area contributed by atoms with Crippen LogP contribution in [0.3, 0.4) is 0 Å². The first-order valence-corrected chi connectivity index (χ1v) is 13.3. The standard InChI is InChI=1S/C35H23N5/c1-4-12-24(13-5-1)29-22-32(38-35(37-29)25-14-6-2-7-15-25)40-30-19-11-10-18-27(30)28-20-21-31-33(34(28)40)36-23-39(31)26-16-8-3-9-17-26/h1-23H. The van der Waals surface area contributed by atoms with Crippen LogP contribution in [-0.2, 0) is 0 Å². The molecule has 0 bridgehead atoms. The summed E-state index contributed by atoms with van der Waals surface area (Å²) in [6, 6.07) is 45.7. The zero-order valence-electron chi connectivity index (χ0n) is 21.5. The van der Waals surface area contributed by atoms with Crippen molar-refractivity contribution < 1.29 is 0 Å². The topological polar surface area (TPSA) is 48.5 Å². The molecule has 3 heterocycles. The van der Waals surface area contributed by atoms with Crippen LogP contribution in [0.15, 0.2) is 140 Å². The molecule has 0 aliphatic heterocycles. The van der Waals surface area contributed by atoms with Crippen LogP contribution in [-0.4, -0.2) is 24.1 Å². The minimum Gasteiger partial charge on any atom is -0.299 e. The van der Waals surface area contributed by atoms with Crippen molar-refractivity contribution in [2.24, 2.45) is 0 Å². The minimum atomic E-state index is 0.685. The Bertz CT molecular complexity index is 2090. The van der Waals surface area contributed by atoms with Gasteiger partial charge in [-0.15, -0.1) is 0 Å². The van der Waals surface area contributed by atoms with E-state index in [1.54, 1.807) is 0 Å². The van der Waals surface area contributed by atoms with Gasteiger partial charge in [0.25, 0.3) is 0 Å². The molecule has 0 aliphatic carbocycles. The fraction of sp³-hybridized carbons (Fsp3) is 0. The number of hydrogen-bond acceptors (Lipinski definition) is 3. The third kappa shape index (κ3) is 3.52. The zero-order valence-corrected chi connectivity index (χ0v) is 21.5. The molecule has 5 aromatic carbocycles. The normalized spacial score (nSPS) is 11.5. The first-order valence-electron chi connectivity index (χ1n) is 13.3. The molecule has 0 unspecified atom stereocenters. The molecule has 0 fully saturated rings. The van der Waals surface area contributed by atoms with Crippen LogP contribution in [0.25, 0.3) is 67.0 Å². The molecule has 8 rings (SSSR count). The van der Waals surface area contributed by atoms with Gasteiger partial charge in [-0.3, -0.25) is 9.13 Å². The fourth-order valence-corrected chi connectivity index (χ4v) is 5.58. The Morgan fingerprint density at radius 3 is 1.98 bits per heavy atom. The minimum absolute atomic E-state index is 0.685. The van der Waals surface area contributed by atoms with Gasteiger partial charge in [0.1, 0.15) is 17.7 Å². The summed E-state index contributed by atoms with van der Waals surface area (Å²) in [5.74, 6) is 1.49. The molecule has 0 radical (unpaired) electrons. The number of para-hydroxylation sites is 2. The van der Waals surface area contributed by atoms with Crippen LogP contribution in [0.2, 0.25) is 0 Å². The molecular formula is C35H23N5. The predicted octanol–water partition coefficient (Wildman–Crippen LogP) is 8.25. The summed E-state index contributed by atoms with van der Waals surface area (Å²) in [5, 5.41) is 2.30. The summed E-state index contributed by atoms with van der Waals surface area (Å²) in [4.78, 5) is 15.1. The number of hydrogen-bond donors (Lipinski definition) is 0. The van der Waals surface area contributed by atoms with E-state index in [9.17, 15) is 0 Å². The Balaban J connectivity index is 1.48. The maximum Gasteiger partial charge on any atom is 0.162 e. The van der Waals surface area contributed by atoms with E-state index in [0.717, 1.165) is 61.2 Å². The van der Waals surface area contributed by atoms with Gasteiger partial charge in [-0.25, -0.2) is 15.0 Å². The second kappa shape index (κ2) is 9.03. The van der Waals surface area contributed by atoms with Crippen LogP contribution in [0.5, 0.6) is 0 Å². The highest BCUT2D eigenvalue weighted by molar-refractivity contribution is 6.17. The SMILES string of the molecule is c1ccc(-c2cc(-n3c4ccccc4c4ccc5c(ncn5-c5ccccc5)c43)nc(-c3ccccc3)n2)cc1. The van der Waals surface area contributed by atoms with E-state index >= 15 is 0 Å². The number of imidazole rings is 1. The molecule has 0 N–H and O–H groups in total. The molecule has 0 saturated heterocycles. The van der Waals surface area contributed by atoms with Crippen molar-refractivity contribution in [3.63, 3.8) is 0 Å². The van der Waals surface area contributed by atoms with Crippen molar-refractivity contribution in [3.05, 3.63) is 140 Å². The van der Waals surface area contributed by atoms with Gasteiger partial charge in [0.2, 0.25) is 0 Å². The fourth-order valence-electron chi connectivity index (χ4n) is 5.58. The van der Waals surface area contributed by atoms with Crippen LogP contribution in [0.4, 0.5) is 0 Å². The van der Waals surface area contributed by atoms with Gasteiger partial charge in [-0.2, -0.15) is 0 Å². The summed E-state index contributed by atoms with van der Waals surface area (Å²) in [7, 11) is 0. The quantitative estimate of drug-likeness (QED) is 0.238. The Labute approximate surface area is 230 Å². The Kier molecular flexibility index (Phi) is 5.07. The summed E-state index contributed by atoms with van der Waals surface area (Å²) in [6.07, 6.45) is 1.91. The molecule has 0 atom stereocenters. The van der Waals surface area contributed by atoms with Crippen molar-refractivity contribution in [3.8, 4) is 34.2 Å². The molecular weight excluding hydrogens is 490 g/mol. The van der Waals surface area contributed by atoms with Gasteiger partial charge >= 0.3 is 0 Å². The summed E-state index contributed by atoms with van der Waals surface area (Å²) in [5.41, 5.74) is 8.05. The first kappa shape index (κ1) is 22.4. The van der Waals surface area contributed by atoms with Crippen LogP contribution in [0, 0.1) is 0 Å². The van der Waals surface area contributed by atoms with Gasteiger partial charge in [-0.1, -0.05) is 97.1 Å². The average Bonchev–Trinajstić information content (AvgIpc) is 3.62. The lowest BCUT2D eigenvalue weighted by molar-refractivity contribution is 1.05. The van der Waals surface area contributed by atoms with Crippen LogP contribution in [0.1, 0.15) is 0 Å². The number of nitrogens with zero attached hydrogens (tertiary/aromatic N) is 5. The van der Waals surface area contributed by atoms with Gasteiger partial charge in [0.15, 0.2) is 5.82 Å². The first-order chi connectivity index (χ1) is 19.8. The zero-order chi connectivity index (χ0) is 26.5. The van der Waals surface area contributed by atoms with Crippen molar-refractivity contribution in [2.75, 3.05) is 0 Å². The molecule has 8 aromatic rings. The van der Waals surface area contributed by atoms with Gasteiger partial charge in [0, 0.05) is 33.7 Å². The molecule has 40 heavy (non-hydrogen) atoms. The highest BCUT2D eigenvalue weighted by atomic mass is 15.1. The third-order valence-corrected chi connectivity index (χ3v) is 7.43. The average molecular weight is 514 g/mol. The van der Waals surface area contributed by atoms with Crippen LogP contribution < -0.4 is 0 Å². The largest absolute Gasteiger partial charge is 0.299 e. The molecule has 0 spiro atoms. The summed E-state index contributed by atoms with van der Waals surface area (Å²) < 4.78 is 4.39. The van der Waals surface area contributed by atoms with E-state index < -0.39 is 0 Å². The molecule has 0 saturated carbocycles. The highest BCUT2D eigenvalue weighted by Gasteiger charge is 2.20. The molecule has 188 valence electrons. The number of benzene rings is 5. The van der Waals surface area contributed by atoms with E-state index in [1.165, 1.54) is 0 Å². The Hall–Kier alpha value is -5.55. The second-order valence-corrected chi connectivity index (χ2v) is 9.80. The van der Waals surface area contributed by atoms with E-state index in [2.05, 4.69) is 88.0 Å². The van der Waals surface area contributed by atoms with Crippen molar-refractivity contribution in [1.82, 2.24) is 24.1 Å². The number of fused-ring (bicyclic) bond motifs is 5. The molecule has 5 nitrogen and oxygen atoms in total. The van der Waals surface area contributed by atoms with Gasteiger partial charge in [0.05, 0.1) is 22.2 Å². The van der Waals surface area contributed by atoms with E-state index in [1.807, 2.05) is 60.9 Å². The van der Waals surface area contributed by atoms with Gasteiger partial charge < -0.3 is 0 Å². The highest BCUT2D eigenvalue weighted by Crippen LogP contribution is 2.37. The van der Waals surface area contributed by atoms with Crippen molar-refractivity contribution in [2.45, 2.75) is 0 Å². The van der Waals surface area contributed by atoms with E-state index in [-0.39, 0.29) is 0 Å². The lowest BCUT2D eigenvalue weighted by Gasteiger charge is -2.12. The molecule has 0 aliphatic rings. The molecule has 5 heteroatoms. The summed E-state index contributed by atoms with van der Waals surface area (Å²) in [6.45, 7) is 0. The second-order valence-electron chi connectivity index (χ2n) is 9.80. The predicted molar refractivity (Wildman–Crippen MR) is 162 cm³/mol. The van der Waals surface area contributed by atoms with Gasteiger partial charge in [-0.05, 0) is 30.3 Å². The van der Waals surface area contributed by atoms with Crippen LogP contribution >= 0.6 is 0 Å². The number of rotatable bonds is 4. The van der Waals surface area contributed by atoms with Crippen molar-refractivity contribution in [1.29, 1.82) is 0 Å². The molecule has 0 amide bonds. The van der Waals surface area contributed by atoms with Crippen molar-refractivity contribution >= 4 is 32.8 Å². The van der Waals surface area contributed by atoms with E-state index in [0.29, 0.717) is 5.82 Å². The lowest BCUT2D eigenvalue weighted by atomic mass is 10.1. The Morgan fingerprint density at radius 1 is 0.525 bits per heavy atom. The maximum atomic E-state index is 5.16. The third-order valence-electron chi connectivity index (χ3n) is 7.43. The lowest BCUT2D eigenvalue weighted by Crippen LogP contribution is -2.03.